The number of aromatic nitrogens is 2. The van der Waals surface area contributed by atoms with Crippen LogP contribution in [0.4, 0.5) is 0 Å². The summed E-state index contributed by atoms with van der Waals surface area (Å²) >= 11 is 0. The Kier molecular flexibility index (Phi) is 4.72. The second kappa shape index (κ2) is 6.78. The van der Waals surface area contributed by atoms with Crippen molar-refractivity contribution in [3.63, 3.8) is 0 Å². The number of hydrogen-bond donors (Lipinski definition) is 1. The topological polar surface area (TPSA) is 38.0 Å². The first-order valence-electron chi connectivity index (χ1n) is 8.63. The molecule has 2 aromatic carbocycles. The van der Waals surface area contributed by atoms with Gasteiger partial charge in [0.05, 0.1) is 11.0 Å². The normalized spacial score (nSPS) is 12.0. The van der Waals surface area contributed by atoms with Crippen molar-refractivity contribution in [3.8, 4) is 0 Å². The molecule has 3 nitrogen and oxygen atoms in total. The van der Waals surface area contributed by atoms with Gasteiger partial charge in [-0.1, -0.05) is 57.2 Å². The lowest BCUT2D eigenvalue weighted by atomic mass is 9.87. The number of imidazole rings is 1. The zero-order valence-electron chi connectivity index (χ0n) is 14.8. The molecular weight excluding hydrogens is 296 g/mol. The van der Waals surface area contributed by atoms with Gasteiger partial charge in [-0.05, 0) is 35.1 Å². The number of aliphatic hydroxyl groups is 1. The summed E-state index contributed by atoms with van der Waals surface area (Å²) in [4.78, 5) is 4.76. The molecule has 0 saturated carbocycles. The summed E-state index contributed by atoms with van der Waals surface area (Å²) in [7, 11) is 0. The Morgan fingerprint density at radius 3 is 2.38 bits per heavy atom. The van der Waals surface area contributed by atoms with Crippen LogP contribution in [-0.4, -0.2) is 21.3 Å². The van der Waals surface area contributed by atoms with Gasteiger partial charge in [-0.15, -0.1) is 0 Å². The molecular formula is C21H26N2O. The first-order valence-corrected chi connectivity index (χ1v) is 8.63. The Balaban J connectivity index is 1.93. The summed E-state index contributed by atoms with van der Waals surface area (Å²) in [5, 5.41) is 9.15. The molecule has 0 aliphatic heterocycles. The number of rotatable bonds is 5. The molecule has 3 heteroatoms. The third-order valence-corrected chi connectivity index (χ3v) is 4.45. The lowest BCUT2D eigenvalue weighted by Crippen LogP contribution is -2.11. The highest BCUT2D eigenvalue weighted by molar-refractivity contribution is 5.76. The molecule has 0 saturated heterocycles. The van der Waals surface area contributed by atoms with E-state index in [-0.39, 0.29) is 12.0 Å². The van der Waals surface area contributed by atoms with Crippen LogP contribution in [0.2, 0.25) is 0 Å². The van der Waals surface area contributed by atoms with Gasteiger partial charge in [-0.2, -0.15) is 0 Å². The van der Waals surface area contributed by atoms with Gasteiger partial charge in [-0.25, -0.2) is 4.98 Å². The van der Waals surface area contributed by atoms with Crippen molar-refractivity contribution in [2.75, 3.05) is 6.61 Å². The average molecular weight is 322 g/mol. The molecule has 0 atom stereocenters. The lowest BCUT2D eigenvalue weighted by molar-refractivity contribution is 0.287. The van der Waals surface area contributed by atoms with E-state index >= 15 is 0 Å². The van der Waals surface area contributed by atoms with Crippen LogP contribution in [0, 0.1) is 0 Å². The minimum atomic E-state index is 0.173. The van der Waals surface area contributed by atoms with Gasteiger partial charge in [0.15, 0.2) is 0 Å². The SMILES string of the molecule is CC(C)(C)c1ccc(Cn2c(CCCO)nc3ccccc32)cc1. The van der Waals surface area contributed by atoms with Crippen molar-refractivity contribution in [3.05, 3.63) is 65.5 Å². The smallest absolute Gasteiger partial charge is 0.110 e. The van der Waals surface area contributed by atoms with Crippen molar-refractivity contribution in [2.24, 2.45) is 0 Å². The van der Waals surface area contributed by atoms with Crippen LogP contribution < -0.4 is 0 Å². The number of fused-ring (bicyclic) bond motifs is 1. The largest absolute Gasteiger partial charge is 0.396 e. The van der Waals surface area contributed by atoms with Gasteiger partial charge in [-0.3, -0.25) is 0 Å². The quantitative estimate of drug-likeness (QED) is 0.760. The van der Waals surface area contributed by atoms with E-state index in [9.17, 15) is 0 Å². The molecule has 3 rings (SSSR count). The van der Waals surface area contributed by atoms with Crippen LogP contribution in [-0.2, 0) is 18.4 Å². The first-order chi connectivity index (χ1) is 11.5. The Labute approximate surface area is 144 Å². The van der Waals surface area contributed by atoms with Crippen molar-refractivity contribution >= 4 is 11.0 Å². The van der Waals surface area contributed by atoms with Crippen molar-refractivity contribution in [1.29, 1.82) is 0 Å². The van der Waals surface area contributed by atoms with E-state index in [2.05, 4.69) is 67.8 Å². The molecule has 0 aliphatic carbocycles. The summed E-state index contributed by atoms with van der Waals surface area (Å²) in [6.45, 7) is 7.71. The van der Waals surface area contributed by atoms with E-state index < -0.39 is 0 Å². The third kappa shape index (κ3) is 3.51. The van der Waals surface area contributed by atoms with E-state index in [1.807, 2.05) is 6.07 Å². The Morgan fingerprint density at radius 2 is 1.71 bits per heavy atom. The number of para-hydroxylation sites is 2. The monoisotopic (exact) mass is 322 g/mol. The predicted molar refractivity (Wildman–Crippen MR) is 99.4 cm³/mol. The molecule has 0 bridgehead atoms. The van der Waals surface area contributed by atoms with E-state index in [1.165, 1.54) is 11.1 Å². The Bertz CT molecular complexity index is 810. The molecule has 0 spiro atoms. The molecule has 126 valence electrons. The fraction of sp³-hybridized carbons (Fsp3) is 0.381. The fourth-order valence-corrected chi connectivity index (χ4v) is 3.02. The highest BCUT2D eigenvalue weighted by Crippen LogP contribution is 2.24. The minimum absolute atomic E-state index is 0.173. The van der Waals surface area contributed by atoms with Gasteiger partial charge in [0, 0.05) is 19.6 Å². The maximum atomic E-state index is 9.15. The average Bonchev–Trinajstić information content (AvgIpc) is 2.90. The fourth-order valence-electron chi connectivity index (χ4n) is 3.02. The van der Waals surface area contributed by atoms with Crippen LogP contribution in [0.15, 0.2) is 48.5 Å². The van der Waals surface area contributed by atoms with Crippen LogP contribution in [0.25, 0.3) is 11.0 Å². The van der Waals surface area contributed by atoms with E-state index in [0.29, 0.717) is 0 Å². The highest BCUT2D eigenvalue weighted by atomic mass is 16.2. The van der Waals surface area contributed by atoms with E-state index in [4.69, 9.17) is 10.1 Å². The molecule has 0 unspecified atom stereocenters. The van der Waals surface area contributed by atoms with Crippen LogP contribution in [0.5, 0.6) is 0 Å². The summed E-state index contributed by atoms with van der Waals surface area (Å²) < 4.78 is 2.27. The molecule has 0 fully saturated rings. The number of benzene rings is 2. The van der Waals surface area contributed by atoms with Crippen LogP contribution in [0.1, 0.15) is 44.1 Å². The zero-order chi connectivity index (χ0) is 17.2. The molecule has 1 aromatic heterocycles. The molecule has 3 aromatic rings. The summed E-state index contributed by atoms with van der Waals surface area (Å²) in [6.07, 6.45) is 1.54. The minimum Gasteiger partial charge on any atom is -0.396 e. The van der Waals surface area contributed by atoms with Crippen molar-refractivity contribution in [2.45, 2.75) is 45.6 Å². The second-order valence-electron chi connectivity index (χ2n) is 7.38. The lowest BCUT2D eigenvalue weighted by Gasteiger charge is -2.19. The summed E-state index contributed by atoms with van der Waals surface area (Å²) in [5.41, 5.74) is 4.98. The summed E-state index contributed by atoms with van der Waals surface area (Å²) in [5.74, 6) is 1.05. The van der Waals surface area contributed by atoms with Crippen LogP contribution in [0.3, 0.4) is 0 Å². The van der Waals surface area contributed by atoms with E-state index in [1.54, 1.807) is 0 Å². The maximum Gasteiger partial charge on any atom is 0.110 e. The molecule has 0 aliphatic rings. The maximum absolute atomic E-state index is 9.15. The number of hydrogen-bond acceptors (Lipinski definition) is 2. The van der Waals surface area contributed by atoms with E-state index in [0.717, 1.165) is 36.2 Å². The summed E-state index contributed by atoms with van der Waals surface area (Å²) in [6, 6.07) is 17.1. The zero-order valence-corrected chi connectivity index (χ0v) is 14.8. The Hall–Kier alpha value is -2.13. The number of aryl methyl sites for hydroxylation is 1. The van der Waals surface area contributed by atoms with Crippen molar-refractivity contribution in [1.82, 2.24) is 9.55 Å². The molecule has 24 heavy (non-hydrogen) atoms. The molecule has 0 radical (unpaired) electrons. The van der Waals surface area contributed by atoms with Gasteiger partial charge in [0.1, 0.15) is 5.82 Å². The first kappa shape index (κ1) is 16.7. The highest BCUT2D eigenvalue weighted by Gasteiger charge is 2.14. The predicted octanol–water partition coefficient (Wildman–Crippen LogP) is 4.31. The van der Waals surface area contributed by atoms with Gasteiger partial charge in [0.25, 0.3) is 0 Å². The number of nitrogens with zero attached hydrogens (tertiary/aromatic N) is 2. The Morgan fingerprint density at radius 1 is 1.00 bits per heavy atom. The molecule has 0 amide bonds. The van der Waals surface area contributed by atoms with Gasteiger partial charge in [0.2, 0.25) is 0 Å². The standard InChI is InChI=1S/C21H26N2O/c1-21(2,3)17-12-10-16(11-13-17)15-23-19-8-5-4-7-18(19)22-20(23)9-6-14-24/h4-5,7-8,10-13,24H,6,9,14-15H2,1-3H3. The molecule has 1 N–H and O–H groups in total. The second-order valence-corrected chi connectivity index (χ2v) is 7.38. The number of aliphatic hydroxyl groups excluding tert-OH is 1. The molecule has 1 heterocycles. The van der Waals surface area contributed by atoms with Crippen LogP contribution >= 0.6 is 0 Å². The van der Waals surface area contributed by atoms with Gasteiger partial charge < -0.3 is 9.67 Å². The third-order valence-electron chi connectivity index (χ3n) is 4.45. The van der Waals surface area contributed by atoms with Gasteiger partial charge >= 0.3 is 0 Å². The van der Waals surface area contributed by atoms with Crippen molar-refractivity contribution < 1.29 is 5.11 Å².